The van der Waals surface area contributed by atoms with E-state index < -0.39 is 6.10 Å². The van der Waals surface area contributed by atoms with Gasteiger partial charge in [-0.15, -0.1) is 0 Å². The lowest BCUT2D eigenvalue weighted by molar-refractivity contribution is -0.0516. The highest BCUT2D eigenvalue weighted by Gasteiger charge is 2.12. The Morgan fingerprint density at radius 2 is 1.92 bits per heavy atom. The van der Waals surface area contributed by atoms with Crippen LogP contribution >= 0.6 is 0 Å². The fourth-order valence-electron chi connectivity index (χ4n) is 0.689. The van der Waals surface area contributed by atoms with Gasteiger partial charge in [-0.1, -0.05) is 6.58 Å². The second kappa shape index (κ2) is 6.03. The van der Waals surface area contributed by atoms with E-state index in [1.165, 1.54) is 6.26 Å². The number of aliphatic hydroxyl groups is 1. The molecule has 0 aliphatic carbocycles. The Morgan fingerprint density at radius 3 is 2.33 bits per heavy atom. The summed E-state index contributed by atoms with van der Waals surface area (Å²) >= 11 is 0. The van der Waals surface area contributed by atoms with Gasteiger partial charge in [0.2, 0.25) is 0 Å². The van der Waals surface area contributed by atoms with Gasteiger partial charge in [0.05, 0.1) is 25.1 Å². The summed E-state index contributed by atoms with van der Waals surface area (Å²) in [5.74, 6) is 0. The predicted molar refractivity (Wildman–Crippen MR) is 47.8 cm³/mol. The summed E-state index contributed by atoms with van der Waals surface area (Å²) in [6.45, 7) is 9.27. The minimum atomic E-state index is -0.427. The van der Waals surface area contributed by atoms with E-state index in [1.807, 2.05) is 13.8 Å². The first kappa shape index (κ1) is 11.5. The molecule has 0 amide bonds. The molecule has 3 nitrogen and oxygen atoms in total. The minimum Gasteiger partial charge on any atom is -0.496 e. The lowest BCUT2D eigenvalue weighted by atomic mass is 10.2. The van der Waals surface area contributed by atoms with Gasteiger partial charge in [-0.05, 0) is 20.8 Å². The summed E-state index contributed by atoms with van der Waals surface area (Å²) < 4.78 is 10.4. The molecular formula is C9H18O3. The Labute approximate surface area is 74.0 Å². The van der Waals surface area contributed by atoms with Crippen LogP contribution < -0.4 is 0 Å². The molecule has 12 heavy (non-hydrogen) atoms. The molecule has 0 rings (SSSR count). The van der Waals surface area contributed by atoms with Crippen molar-refractivity contribution in [2.75, 3.05) is 6.61 Å². The van der Waals surface area contributed by atoms with Crippen LogP contribution in [0.25, 0.3) is 0 Å². The largest absolute Gasteiger partial charge is 0.496 e. The Hall–Kier alpha value is -0.540. The van der Waals surface area contributed by atoms with Crippen molar-refractivity contribution in [1.29, 1.82) is 0 Å². The van der Waals surface area contributed by atoms with E-state index in [-0.39, 0.29) is 12.2 Å². The van der Waals surface area contributed by atoms with E-state index >= 15 is 0 Å². The third-order valence-electron chi connectivity index (χ3n) is 1.57. The summed E-state index contributed by atoms with van der Waals surface area (Å²) in [4.78, 5) is 0. The first-order valence-corrected chi connectivity index (χ1v) is 4.14. The van der Waals surface area contributed by atoms with Gasteiger partial charge in [-0.25, -0.2) is 0 Å². The Balaban J connectivity index is 3.55. The molecule has 0 aliphatic rings. The second-order valence-corrected chi connectivity index (χ2v) is 2.90. The first-order valence-electron chi connectivity index (χ1n) is 4.14. The van der Waals surface area contributed by atoms with E-state index in [4.69, 9.17) is 14.6 Å². The standard InChI is InChI=1S/C9H18O3/c1-5-11-8(3)9(4)12-6-7(2)10/h5,7-10H,1,6H2,2-4H3. The lowest BCUT2D eigenvalue weighted by Gasteiger charge is -2.20. The molecule has 0 radical (unpaired) electrons. The SMILES string of the molecule is C=COC(C)C(C)OCC(C)O. The maximum Gasteiger partial charge on any atom is 0.121 e. The average Bonchev–Trinajstić information content (AvgIpc) is 2.00. The molecule has 1 N–H and O–H groups in total. The van der Waals surface area contributed by atoms with E-state index in [0.29, 0.717) is 6.61 Å². The van der Waals surface area contributed by atoms with Crippen molar-refractivity contribution < 1.29 is 14.6 Å². The summed E-state index contributed by atoms with van der Waals surface area (Å²) in [5, 5.41) is 8.93. The molecule has 3 unspecified atom stereocenters. The highest BCUT2D eigenvalue weighted by molar-refractivity contribution is 4.64. The van der Waals surface area contributed by atoms with Crippen molar-refractivity contribution in [3.8, 4) is 0 Å². The zero-order valence-electron chi connectivity index (χ0n) is 7.99. The van der Waals surface area contributed by atoms with Gasteiger partial charge in [0.1, 0.15) is 6.10 Å². The molecule has 0 spiro atoms. The molecule has 0 heterocycles. The molecule has 0 aromatic rings. The molecule has 0 aliphatic heterocycles. The number of ether oxygens (including phenoxy) is 2. The van der Waals surface area contributed by atoms with Crippen molar-refractivity contribution >= 4 is 0 Å². The van der Waals surface area contributed by atoms with Gasteiger partial charge in [0.15, 0.2) is 0 Å². The third kappa shape index (κ3) is 5.16. The first-order chi connectivity index (χ1) is 5.57. The molecular weight excluding hydrogens is 156 g/mol. The van der Waals surface area contributed by atoms with Gasteiger partial charge in [-0.2, -0.15) is 0 Å². The summed E-state index contributed by atoms with van der Waals surface area (Å²) in [6, 6.07) is 0. The van der Waals surface area contributed by atoms with Gasteiger partial charge < -0.3 is 14.6 Å². The van der Waals surface area contributed by atoms with Gasteiger partial charge in [0, 0.05) is 0 Å². The molecule has 3 atom stereocenters. The van der Waals surface area contributed by atoms with Crippen LogP contribution in [-0.2, 0) is 9.47 Å². The van der Waals surface area contributed by atoms with Crippen molar-refractivity contribution in [2.24, 2.45) is 0 Å². The van der Waals surface area contributed by atoms with Crippen LogP contribution in [0.2, 0.25) is 0 Å². The Morgan fingerprint density at radius 1 is 1.33 bits per heavy atom. The van der Waals surface area contributed by atoms with Crippen molar-refractivity contribution in [1.82, 2.24) is 0 Å². The van der Waals surface area contributed by atoms with E-state index in [2.05, 4.69) is 6.58 Å². The van der Waals surface area contributed by atoms with Crippen molar-refractivity contribution in [3.05, 3.63) is 12.8 Å². The maximum absolute atomic E-state index is 8.93. The molecule has 3 heteroatoms. The van der Waals surface area contributed by atoms with Gasteiger partial charge >= 0.3 is 0 Å². The smallest absolute Gasteiger partial charge is 0.121 e. The molecule has 0 saturated heterocycles. The lowest BCUT2D eigenvalue weighted by Crippen LogP contribution is -2.27. The van der Waals surface area contributed by atoms with Crippen LogP contribution in [0.3, 0.4) is 0 Å². The van der Waals surface area contributed by atoms with Gasteiger partial charge in [0.25, 0.3) is 0 Å². The molecule has 0 saturated carbocycles. The molecule has 0 aromatic carbocycles. The fourth-order valence-corrected chi connectivity index (χ4v) is 0.689. The monoisotopic (exact) mass is 174 g/mol. The second-order valence-electron chi connectivity index (χ2n) is 2.90. The van der Waals surface area contributed by atoms with E-state index in [1.54, 1.807) is 6.92 Å². The average molecular weight is 174 g/mol. The van der Waals surface area contributed by atoms with E-state index in [9.17, 15) is 0 Å². The van der Waals surface area contributed by atoms with Crippen LogP contribution in [-0.4, -0.2) is 30.0 Å². The summed E-state index contributed by atoms with van der Waals surface area (Å²) in [6.07, 6.45) is 0.912. The quantitative estimate of drug-likeness (QED) is 0.617. The van der Waals surface area contributed by atoms with Crippen LogP contribution in [0.4, 0.5) is 0 Å². The van der Waals surface area contributed by atoms with Crippen LogP contribution in [0.5, 0.6) is 0 Å². The third-order valence-corrected chi connectivity index (χ3v) is 1.57. The van der Waals surface area contributed by atoms with Crippen LogP contribution in [0, 0.1) is 0 Å². The van der Waals surface area contributed by atoms with Crippen LogP contribution in [0.15, 0.2) is 12.8 Å². The fraction of sp³-hybridized carbons (Fsp3) is 0.778. The van der Waals surface area contributed by atoms with Crippen molar-refractivity contribution in [3.63, 3.8) is 0 Å². The molecule has 0 bridgehead atoms. The van der Waals surface area contributed by atoms with Crippen molar-refractivity contribution in [2.45, 2.75) is 39.1 Å². The highest BCUT2D eigenvalue weighted by Crippen LogP contribution is 2.03. The number of hydrogen-bond donors (Lipinski definition) is 1. The normalized spacial score (nSPS) is 18.0. The molecule has 0 fully saturated rings. The number of rotatable bonds is 6. The van der Waals surface area contributed by atoms with E-state index in [0.717, 1.165) is 0 Å². The van der Waals surface area contributed by atoms with Gasteiger partial charge in [-0.3, -0.25) is 0 Å². The topological polar surface area (TPSA) is 38.7 Å². The predicted octanol–water partition coefficient (Wildman–Crippen LogP) is 1.32. The number of aliphatic hydroxyl groups excluding tert-OH is 1. The maximum atomic E-state index is 8.93. The highest BCUT2D eigenvalue weighted by atomic mass is 16.5. The molecule has 0 aromatic heterocycles. The zero-order chi connectivity index (χ0) is 9.56. The Kier molecular flexibility index (Phi) is 5.76. The Bertz CT molecular complexity index is 123. The zero-order valence-corrected chi connectivity index (χ0v) is 7.99. The summed E-state index contributed by atoms with van der Waals surface area (Å²) in [7, 11) is 0. The summed E-state index contributed by atoms with van der Waals surface area (Å²) in [5.41, 5.74) is 0. The van der Waals surface area contributed by atoms with Crippen LogP contribution in [0.1, 0.15) is 20.8 Å². The minimum absolute atomic E-state index is 0.0266. The number of hydrogen-bond acceptors (Lipinski definition) is 3. The molecule has 72 valence electrons.